The summed E-state index contributed by atoms with van der Waals surface area (Å²) in [5.74, 6) is -0.715. The second-order valence-corrected chi connectivity index (χ2v) is 7.42. The van der Waals surface area contributed by atoms with Crippen molar-refractivity contribution < 1.29 is 24.1 Å². The normalized spacial score (nSPS) is 16.4. The van der Waals surface area contributed by atoms with Crippen LogP contribution in [-0.2, 0) is 38.8 Å². The van der Waals surface area contributed by atoms with Crippen molar-refractivity contribution in [2.45, 2.75) is 32.0 Å². The zero-order valence-electron chi connectivity index (χ0n) is 17.7. The first-order chi connectivity index (χ1) is 16.0. The number of aliphatic hydroxyl groups is 1. The third kappa shape index (κ3) is 5.39. The molecule has 0 saturated carbocycles. The van der Waals surface area contributed by atoms with Crippen molar-refractivity contribution in [1.82, 2.24) is 9.55 Å². The molecule has 9 nitrogen and oxygen atoms in total. The molecule has 0 amide bonds. The van der Waals surface area contributed by atoms with E-state index >= 15 is 0 Å². The molecule has 1 aromatic heterocycles. The van der Waals surface area contributed by atoms with Crippen LogP contribution in [0.5, 0.6) is 0 Å². The first-order valence-electron chi connectivity index (χ1n) is 10.3. The van der Waals surface area contributed by atoms with Crippen LogP contribution in [-0.4, -0.2) is 32.8 Å². The molecule has 0 bridgehead atoms. The second-order valence-electron chi connectivity index (χ2n) is 7.42. The van der Waals surface area contributed by atoms with Crippen molar-refractivity contribution in [2.75, 3.05) is 5.73 Å². The summed E-state index contributed by atoms with van der Waals surface area (Å²) in [4.78, 5) is 28.3. The summed E-state index contributed by atoms with van der Waals surface area (Å²) in [6, 6.07) is 20.1. The van der Waals surface area contributed by atoms with Gasteiger partial charge < -0.3 is 25.1 Å². The second kappa shape index (κ2) is 10.0. The molecule has 0 fully saturated rings. The van der Waals surface area contributed by atoms with Gasteiger partial charge in [-0.15, -0.1) is 0 Å². The van der Waals surface area contributed by atoms with Crippen LogP contribution < -0.4 is 11.4 Å². The lowest BCUT2D eigenvalue weighted by atomic mass is 10.1. The summed E-state index contributed by atoms with van der Waals surface area (Å²) >= 11 is 0. The van der Waals surface area contributed by atoms with Gasteiger partial charge in [-0.05, 0) is 17.2 Å². The Hall–Kier alpha value is -4.11. The Kier molecular flexibility index (Phi) is 6.70. The van der Waals surface area contributed by atoms with Gasteiger partial charge in [-0.2, -0.15) is 4.98 Å². The first kappa shape index (κ1) is 22.1. The smallest absolute Gasteiger partial charge is 0.378 e. The van der Waals surface area contributed by atoms with Crippen LogP contribution in [0.4, 0.5) is 5.82 Å². The van der Waals surface area contributed by atoms with E-state index in [1.807, 2.05) is 60.7 Å². The number of nitrogens with two attached hydrogens (primary N) is 1. The Morgan fingerprint density at radius 2 is 1.58 bits per heavy atom. The molecule has 0 spiro atoms. The van der Waals surface area contributed by atoms with Crippen molar-refractivity contribution in [3.05, 3.63) is 106 Å². The summed E-state index contributed by atoms with van der Waals surface area (Å²) in [5, 5.41) is 10.8. The topological polar surface area (TPSA) is 126 Å². The molecule has 2 atom stereocenters. The van der Waals surface area contributed by atoms with E-state index in [4.69, 9.17) is 19.9 Å². The van der Waals surface area contributed by atoms with E-state index in [9.17, 15) is 14.7 Å². The highest BCUT2D eigenvalue weighted by Crippen LogP contribution is 2.29. The van der Waals surface area contributed by atoms with Gasteiger partial charge in [-0.1, -0.05) is 60.7 Å². The lowest BCUT2D eigenvalue weighted by Crippen LogP contribution is -2.37. The van der Waals surface area contributed by atoms with Gasteiger partial charge in [0.15, 0.2) is 11.9 Å². The third-order valence-electron chi connectivity index (χ3n) is 4.99. The number of aromatic nitrogens is 2. The van der Waals surface area contributed by atoms with E-state index in [0.29, 0.717) is 0 Å². The van der Waals surface area contributed by atoms with Gasteiger partial charge in [0.05, 0.1) is 6.54 Å². The van der Waals surface area contributed by atoms with Crippen molar-refractivity contribution in [3.8, 4) is 0 Å². The van der Waals surface area contributed by atoms with E-state index in [1.165, 1.54) is 16.8 Å². The number of carbonyl (C=O) groups is 1. The Morgan fingerprint density at radius 1 is 0.970 bits per heavy atom. The average molecular weight is 449 g/mol. The molecule has 2 heterocycles. The molecule has 4 rings (SSSR count). The number of nitrogens with zero attached hydrogens (tertiary/aromatic N) is 2. The average Bonchev–Trinajstić information content (AvgIpc) is 3.14. The number of rotatable bonds is 9. The molecular formula is C24H23N3O6. The fourth-order valence-electron chi connectivity index (χ4n) is 3.33. The molecule has 1 aliphatic rings. The number of hydrogen-bond acceptors (Lipinski definition) is 8. The summed E-state index contributed by atoms with van der Waals surface area (Å²) < 4.78 is 18.2. The van der Waals surface area contributed by atoms with Crippen LogP contribution in [0.15, 0.2) is 89.2 Å². The Balaban J connectivity index is 1.57. The number of nitrogen functional groups attached to an aromatic ring is 1. The number of benzene rings is 2. The molecule has 0 radical (unpaired) electrons. The maximum absolute atomic E-state index is 12.6. The maximum atomic E-state index is 12.6. The minimum absolute atomic E-state index is 0.0708. The lowest BCUT2D eigenvalue weighted by molar-refractivity contribution is -0.148. The van der Waals surface area contributed by atoms with E-state index in [-0.39, 0.29) is 37.1 Å². The van der Waals surface area contributed by atoms with Gasteiger partial charge in [0, 0.05) is 6.20 Å². The largest absolute Gasteiger partial charge is 0.485 e. The van der Waals surface area contributed by atoms with Crippen LogP contribution in [0.1, 0.15) is 11.1 Å². The molecule has 1 aliphatic heterocycles. The number of carbonyl (C=O) groups excluding carboxylic acids is 1. The number of aliphatic hydroxyl groups excluding tert-OH is 1. The lowest BCUT2D eigenvalue weighted by Gasteiger charge is -2.21. The van der Waals surface area contributed by atoms with Crippen molar-refractivity contribution in [1.29, 1.82) is 0 Å². The maximum Gasteiger partial charge on any atom is 0.378 e. The van der Waals surface area contributed by atoms with Crippen LogP contribution in [0, 0.1) is 0 Å². The monoisotopic (exact) mass is 449 g/mol. The van der Waals surface area contributed by atoms with E-state index < -0.39 is 23.9 Å². The summed E-state index contributed by atoms with van der Waals surface area (Å²) in [6.45, 7) is 0.0689. The van der Waals surface area contributed by atoms with Crippen molar-refractivity contribution in [3.63, 3.8) is 0 Å². The molecule has 33 heavy (non-hydrogen) atoms. The van der Waals surface area contributed by atoms with Crippen LogP contribution >= 0.6 is 0 Å². The molecule has 3 aromatic rings. The Morgan fingerprint density at radius 3 is 2.18 bits per heavy atom. The Labute approximate surface area is 189 Å². The van der Waals surface area contributed by atoms with Crippen LogP contribution in [0.25, 0.3) is 0 Å². The van der Waals surface area contributed by atoms with Crippen LogP contribution in [0.3, 0.4) is 0 Å². The molecule has 2 aromatic carbocycles. The van der Waals surface area contributed by atoms with E-state index in [1.54, 1.807) is 0 Å². The number of hydrogen-bond donors (Lipinski definition) is 2. The van der Waals surface area contributed by atoms with E-state index in [2.05, 4.69) is 4.98 Å². The predicted octanol–water partition coefficient (Wildman–Crippen LogP) is 1.76. The van der Waals surface area contributed by atoms with E-state index in [0.717, 1.165) is 11.1 Å². The number of esters is 1. The van der Waals surface area contributed by atoms with Gasteiger partial charge in [-0.25, -0.2) is 9.59 Å². The zero-order chi connectivity index (χ0) is 23.2. The summed E-state index contributed by atoms with van der Waals surface area (Å²) in [7, 11) is 0. The SMILES string of the molecule is Nc1ccn(C[C@H](O)[C@H]2OC(=O)C(OCc3ccccc3)=C2OCc2ccccc2)c(=O)n1. The zero-order valence-corrected chi connectivity index (χ0v) is 17.7. The third-order valence-corrected chi connectivity index (χ3v) is 4.99. The molecule has 9 heteroatoms. The molecule has 0 saturated heterocycles. The quantitative estimate of drug-likeness (QED) is 0.473. The molecule has 0 aliphatic carbocycles. The number of cyclic esters (lactones) is 1. The molecule has 0 unspecified atom stereocenters. The van der Waals surface area contributed by atoms with Gasteiger partial charge in [0.1, 0.15) is 25.1 Å². The predicted molar refractivity (Wildman–Crippen MR) is 118 cm³/mol. The number of ether oxygens (including phenoxy) is 3. The summed E-state index contributed by atoms with van der Waals surface area (Å²) in [6.07, 6.45) is -1.04. The number of anilines is 1. The van der Waals surface area contributed by atoms with Gasteiger partial charge in [0.2, 0.25) is 5.76 Å². The minimum atomic E-state index is -1.29. The van der Waals surface area contributed by atoms with Crippen LogP contribution in [0.2, 0.25) is 0 Å². The molecular weight excluding hydrogens is 426 g/mol. The fraction of sp³-hybridized carbons (Fsp3) is 0.208. The highest BCUT2D eigenvalue weighted by Gasteiger charge is 2.42. The highest BCUT2D eigenvalue weighted by molar-refractivity contribution is 5.89. The van der Waals surface area contributed by atoms with Crippen molar-refractivity contribution >= 4 is 11.8 Å². The summed E-state index contributed by atoms with van der Waals surface area (Å²) in [5.41, 5.74) is 6.60. The van der Waals surface area contributed by atoms with Gasteiger partial charge in [0.25, 0.3) is 0 Å². The van der Waals surface area contributed by atoms with Gasteiger partial charge >= 0.3 is 11.7 Å². The standard InChI is InChI=1S/C24H23N3O6/c25-19-11-12-27(24(30)26-19)13-18(28)20-21(31-14-16-7-3-1-4-8-16)22(23(29)33-20)32-15-17-9-5-2-6-10-17/h1-12,18,20,28H,13-15H2,(H2,25,26,30)/t18-,20+/m0/s1. The molecule has 170 valence electrons. The van der Waals surface area contributed by atoms with Crippen molar-refractivity contribution in [2.24, 2.45) is 0 Å². The first-order valence-corrected chi connectivity index (χ1v) is 10.3. The van der Waals surface area contributed by atoms with Gasteiger partial charge in [-0.3, -0.25) is 4.57 Å². The Bertz CT molecular complexity index is 1190. The molecule has 3 N–H and O–H groups in total. The minimum Gasteiger partial charge on any atom is -0.485 e. The highest BCUT2D eigenvalue weighted by atomic mass is 16.6. The fourth-order valence-corrected chi connectivity index (χ4v) is 3.33.